The summed E-state index contributed by atoms with van der Waals surface area (Å²) < 4.78 is 5.29. The van der Waals surface area contributed by atoms with Crippen molar-refractivity contribution in [3.05, 3.63) is 67.8 Å². The van der Waals surface area contributed by atoms with E-state index in [1.807, 2.05) is 0 Å². The van der Waals surface area contributed by atoms with E-state index in [4.69, 9.17) is 4.74 Å². The number of anilines is 1. The molecule has 2 aromatic rings. The lowest BCUT2D eigenvalue weighted by atomic mass is 10.2. The van der Waals surface area contributed by atoms with E-state index in [2.05, 4.69) is 5.32 Å². The number of nitro groups is 2. The maximum Gasteiger partial charge on any atom is 0.274 e. The molecule has 0 spiro atoms. The molecule has 1 N–H and O–H groups in total. The van der Waals surface area contributed by atoms with E-state index in [0.29, 0.717) is 16.9 Å². The summed E-state index contributed by atoms with van der Waals surface area (Å²) >= 11 is 0. The molecule has 0 atom stereocenters. The average molecular weight is 345 g/mol. The number of ether oxygens (including phenoxy) is 1. The Morgan fingerprint density at radius 2 is 1.68 bits per heavy atom. The molecule has 0 saturated carbocycles. The fraction of sp³-hybridized carbons (Fsp3) is 0.188. The van der Waals surface area contributed by atoms with E-state index in [9.17, 15) is 25.0 Å². The van der Waals surface area contributed by atoms with E-state index < -0.39 is 15.8 Å². The molecule has 1 amide bonds. The second kappa shape index (κ2) is 7.39. The lowest BCUT2D eigenvalue weighted by Gasteiger charge is -2.08. The molecule has 0 aliphatic carbocycles. The number of carbonyl (C=O) groups excluding carboxylic acids is 1. The van der Waals surface area contributed by atoms with E-state index in [0.717, 1.165) is 0 Å². The van der Waals surface area contributed by atoms with Gasteiger partial charge in [-0.3, -0.25) is 25.0 Å². The first-order valence-corrected chi connectivity index (χ1v) is 7.20. The molecule has 9 nitrogen and oxygen atoms in total. The molecule has 0 aromatic heterocycles. The number of hydrogen-bond donors (Lipinski definition) is 1. The molecule has 0 aliphatic heterocycles. The van der Waals surface area contributed by atoms with Crippen LogP contribution in [-0.4, -0.2) is 22.4 Å². The smallest absolute Gasteiger partial charge is 0.274 e. The highest BCUT2D eigenvalue weighted by Gasteiger charge is 2.14. The third-order valence-electron chi connectivity index (χ3n) is 3.42. The number of carbonyl (C=O) groups is 1. The Hall–Kier alpha value is -3.49. The van der Waals surface area contributed by atoms with Crippen molar-refractivity contribution in [1.29, 1.82) is 0 Å². The minimum absolute atomic E-state index is 0.0382. The van der Waals surface area contributed by atoms with Gasteiger partial charge in [0.2, 0.25) is 0 Å². The number of hydrogen-bond acceptors (Lipinski definition) is 6. The van der Waals surface area contributed by atoms with Crippen molar-refractivity contribution in [2.75, 3.05) is 11.9 Å². The molecule has 0 heterocycles. The number of nitrogens with one attached hydrogen (secondary N) is 1. The zero-order valence-corrected chi connectivity index (χ0v) is 13.5. The van der Waals surface area contributed by atoms with Gasteiger partial charge in [0.25, 0.3) is 17.3 Å². The molecule has 0 bridgehead atoms. The van der Waals surface area contributed by atoms with Gasteiger partial charge in [-0.1, -0.05) is 6.07 Å². The molecule has 25 heavy (non-hydrogen) atoms. The predicted molar refractivity (Wildman–Crippen MR) is 89.8 cm³/mol. The van der Waals surface area contributed by atoms with Crippen molar-refractivity contribution in [2.45, 2.75) is 13.8 Å². The average Bonchev–Trinajstić information content (AvgIpc) is 2.54. The van der Waals surface area contributed by atoms with E-state index in [-0.39, 0.29) is 23.7 Å². The molecule has 9 heteroatoms. The monoisotopic (exact) mass is 345 g/mol. The largest absolute Gasteiger partial charge is 0.484 e. The third-order valence-corrected chi connectivity index (χ3v) is 3.42. The molecule has 0 unspecified atom stereocenters. The van der Waals surface area contributed by atoms with Crippen LogP contribution in [0, 0.1) is 34.1 Å². The van der Waals surface area contributed by atoms with Crippen LogP contribution >= 0.6 is 0 Å². The first-order chi connectivity index (χ1) is 11.8. The van der Waals surface area contributed by atoms with Crippen molar-refractivity contribution < 1.29 is 19.4 Å². The predicted octanol–water partition coefficient (Wildman–Crippen LogP) is 3.14. The lowest BCUT2D eigenvalue weighted by Crippen LogP contribution is -2.20. The number of rotatable bonds is 6. The van der Waals surface area contributed by atoms with Crippen molar-refractivity contribution in [3.8, 4) is 5.75 Å². The molecule has 0 saturated heterocycles. The Morgan fingerprint density at radius 1 is 1.00 bits per heavy atom. The number of amides is 1. The van der Waals surface area contributed by atoms with Crippen LogP contribution in [-0.2, 0) is 4.79 Å². The Morgan fingerprint density at radius 3 is 2.28 bits per heavy atom. The SMILES string of the molecule is Cc1cc(OCC(=O)Nc2ccc(C)c([N+](=O)[O-])c2)ccc1[N+](=O)[O-]. The maximum atomic E-state index is 11.9. The van der Waals surface area contributed by atoms with Gasteiger partial charge in [0.05, 0.1) is 9.85 Å². The van der Waals surface area contributed by atoms with E-state index in [1.54, 1.807) is 19.9 Å². The summed E-state index contributed by atoms with van der Waals surface area (Å²) in [6.07, 6.45) is 0. The summed E-state index contributed by atoms with van der Waals surface area (Å²) in [6, 6.07) is 8.51. The molecular formula is C16H15N3O6. The highest BCUT2D eigenvalue weighted by Crippen LogP contribution is 2.24. The molecular weight excluding hydrogens is 330 g/mol. The first-order valence-electron chi connectivity index (χ1n) is 7.20. The second-order valence-electron chi connectivity index (χ2n) is 5.30. The van der Waals surface area contributed by atoms with Crippen LogP contribution in [0.2, 0.25) is 0 Å². The minimum atomic E-state index is -0.527. The summed E-state index contributed by atoms with van der Waals surface area (Å²) in [4.78, 5) is 32.5. The molecule has 0 fully saturated rings. The summed E-state index contributed by atoms with van der Waals surface area (Å²) in [7, 11) is 0. The minimum Gasteiger partial charge on any atom is -0.484 e. The Bertz CT molecular complexity index is 850. The normalized spacial score (nSPS) is 10.2. The topological polar surface area (TPSA) is 125 Å². The van der Waals surface area contributed by atoms with Gasteiger partial charge in [-0.05, 0) is 32.0 Å². The van der Waals surface area contributed by atoms with Crippen LogP contribution in [0.5, 0.6) is 5.75 Å². The lowest BCUT2D eigenvalue weighted by molar-refractivity contribution is -0.385. The second-order valence-corrected chi connectivity index (χ2v) is 5.30. The summed E-state index contributed by atoms with van der Waals surface area (Å²) in [5.41, 5.74) is 1.05. The van der Waals surface area contributed by atoms with Gasteiger partial charge in [0.1, 0.15) is 5.75 Å². The number of nitro benzene ring substituents is 2. The fourth-order valence-corrected chi connectivity index (χ4v) is 2.15. The zero-order chi connectivity index (χ0) is 18.6. The molecule has 2 rings (SSSR count). The Labute approximate surface area is 142 Å². The fourth-order valence-electron chi connectivity index (χ4n) is 2.15. The van der Waals surface area contributed by atoms with Gasteiger partial charge < -0.3 is 10.1 Å². The summed E-state index contributed by atoms with van der Waals surface area (Å²) in [6.45, 7) is 2.83. The van der Waals surface area contributed by atoms with Crippen molar-refractivity contribution >= 4 is 23.0 Å². The van der Waals surface area contributed by atoms with Gasteiger partial charge in [-0.15, -0.1) is 0 Å². The molecule has 2 aromatic carbocycles. The van der Waals surface area contributed by atoms with Crippen LogP contribution in [0.4, 0.5) is 17.1 Å². The van der Waals surface area contributed by atoms with Gasteiger partial charge in [0.15, 0.2) is 6.61 Å². The number of nitrogens with zero attached hydrogens (tertiary/aromatic N) is 2. The maximum absolute atomic E-state index is 11.9. The molecule has 130 valence electrons. The van der Waals surface area contributed by atoms with Gasteiger partial charge in [-0.2, -0.15) is 0 Å². The highest BCUT2D eigenvalue weighted by atomic mass is 16.6. The summed E-state index contributed by atoms with van der Waals surface area (Å²) in [5.74, 6) is -0.192. The Balaban J connectivity index is 1.99. The summed E-state index contributed by atoms with van der Waals surface area (Å²) in [5, 5.41) is 24.2. The van der Waals surface area contributed by atoms with E-state index in [1.165, 1.54) is 30.3 Å². The standard InChI is InChI=1S/C16H15N3O6/c1-10-3-4-12(8-15(10)19(23)24)17-16(20)9-25-13-5-6-14(18(21)22)11(2)7-13/h3-8H,9H2,1-2H3,(H,17,20). The van der Waals surface area contributed by atoms with Crippen LogP contribution in [0.25, 0.3) is 0 Å². The highest BCUT2D eigenvalue weighted by molar-refractivity contribution is 5.92. The third kappa shape index (κ3) is 4.50. The first kappa shape index (κ1) is 17.9. The number of aryl methyl sites for hydroxylation is 2. The molecule has 0 radical (unpaired) electrons. The van der Waals surface area contributed by atoms with Crippen molar-refractivity contribution in [2.24, 2.45) is 0 Å². The number of benzene rings is 2. The van der Waals surface area contributed by atoms with Gasteiger partial charge in [-0.25, -0.2) is 0 Å². The van der Waals surface area contributed by atoms with Crippen molar-refractivity contribution in [1.82, 2.24) is 0 Å². The quantitative estimate of drug-likeness (QED) is 0.633. The van der Waals surface area contributed by atoms with Gasteiger partial charge >= 0.3 is 0 Å². The Kier molecular flexibility index (Phi) is 5.28. The van der Waals surface area contributed by atoms with Crippen LogP contribution in [0.3, 0.4) is 0 Å². The molecule has 0 aliphatic rings. The van der Waals surface area contributed by atoms with Crippen LogP contribution in [0.15, 0.2) is 36.4 Å². The zero-order valence-electron chi connectivity index (χ0n) is 13.5. The van der Waals surface area contributed by atoms with Crippen molar-refractivity contribution in [3.63, 3.8) is 0 Å². The van der Waals surface area contributed by atoms with Crippen LogP contribution in [0.1, 0.15) is 11.1 Å². The van der Waals surface area contributed by atoms with E-state index >= 15 is 0 Å². The van der Waals surface area contributed by atoms with Crippen LogP contribution < -0.4 is 10.1 Å². The van der Waals surface area contributed by atoms with Gasteiger partial charge in [0, 0.05) is 28.9 Å².